The van der Waals surface area contributed by atoms with E-state index in [9.17, 15) is 9.59 Å². The first-order valence-electron chi connectivity index (χ1n) is 8.87. The highest BCUT2D eigenvalue weighted by Crippen LogP contribution is 2.26. The number of nitrogens with zero attached hydrogens (tertiary/aromatic N) is 1. The number of rotatable bonds is 6. The Balaban J connectivity index is 1.50. The van der Waals surface area contributed by atoms with Crippen molar-refractivity contribution < 1.29 is 9.59 Å². The van der Waals surface area contributed by atoms with Gasteiger partial charge < -0.3 is 21.3 Å². The molecule has 2 amide bonds. The molecule has 0 aromatic rings. The summed E-state index contributed by atoms with van der Waals surface area (Å²) in [7, 11) is 0. The van der Waals surface area contributed by atoms with Crippen molar-refractivity contribution in [3.8, 4) is 12.3 Å². The number of amides is 2. The van der Waals surface area contributed by atoms with E-state index in [0.717, 1.165) is 13.0 Å². The van der Waals surface area contributed by atoms with E-state index in [4.69, 9.17) is 18.6 Å². The van der Waals surface area contributed by atoms with E-state index in [0.29, 0.717) is 30.5 Å². The topological polar surface area (TPSA) is 85.5 Å². The zero-order valence-corrected chi connectivity index (χ0v) is 15.0. The summed E-state index contributed by atoms with van der Waals surface area (Å²) in [5.41, 5.74) is 0. The molecule has 2 aliphatic heterocycles. The maximum absolute atomic E-state index is 12.2. The number of hydrogen-bond acceptors (Lipinski definition) is 4. The molecule has 1 aliphatic carbocycles. The molecule has 1 saturated carbocycles. The number of terminal acetylenes is 1. The van der Waals surface area contributed by atoms with Gasteiger partial charge in [0.1, 0.15) is 0 Å². The van der Waals surface area contributed by atoms with Crippen molar-refractivity contribution in [2.45, 2.75) is 56.3 Å². The Labute approximate surface area is 153 Å². The molecule has 8 heteroatoms. The van der Waals surface area contributed by atoms with Crippen LogP contribution in [0.15, 0.2) is 0 Å². The van der Waals surface area contributed by atoms with E-state index in [-0.39, 0.29) is 36.5 Å². The molecule has 4 N–H and O–H groups in total. The summed E-state index contributed by atoms with van der Waals surface area (Å²) in [5.74, 6) is 2.42. The van der Waals surface area contributed by atoms with Crippen LogP contribution in [0.3, 0.4) is 0 Å². The maximum Gasteiger partial charge on any atom is 0.237 e. The Hall–Kier alpha value is -1.85. The molecule has 25 heavy (non-hydrogen) atoms. The number of fused-ring (bicyclic) bond motifs is 1. The molecule has 0 aromatic heterocycles. The maximum atomic E-state index is 12.2. The normalized spacial score (nSPS) is 28.4. The predicted molar refractivity (Wildman–Crippen MR) is 98.7 cm³/mol. The lowest BCUT2D eigenvalue weighted by Crippen LogP contribution is -2.58. The first kappa shape index (κ1) is 18.0. The van der Waals surface area contributed by atoms with Crippen LogP contribution in [0.5, 0.6) is 0 Å². The van der Waals surface area contributed by atoms with E-state index < -0.39 is 0 Å². The van der Waals surface area contributed by atoms with Crippen LogP contribution < -0.4 is 21.3 Å². The molecule has 7 nitrogen and oxygen atoms in total. The molecule has 3 atom stereocenters. The summed E-state index contributed by atoms with van der Waals surface area (Å²) in [6, 6.07) is 0.691. The summed E-state index contributed by atoms with van der Waals surface area (Å²) in [4.78, 5) is 26.2. The molecule has 2 saturated heterocycles. The van der Waals surface area contributed by atoms with Gasteiger partial charge in [0.15, 0.2) is 5.11 Å². The average molecular weight is 363 g/mol. The third-order valence-electron chi connectivity index (χ3n) is 4.96. The Morgan fingerprint density at radius 3 is 2.84 bits per heavy atom. The van der Waals surface area contributed by atoms with Crippen molar-refractivity contribution in [3.05, 3.63) is 0 Å². The number of carbonyl (C=O) groups excluding carboxylic acids is 2. The van der Waals surface area contributed by atoms with Gasteiger partial charge >= 0.3 is 0 Å². The largest absolute Gasteiger partial charge is 0.360 e. The highest BCUT2D eigenvalue weighted by Gasteiger charge is 2.43. The van der Waals surface area contributed by atoms with Crippen molar-refractivity contribution in [2.24, 2.45) is 0 Å². The molecule has 2 heterocycles. The van der Waals surface area contributed by atoms with Crippen molar-refractivity contribution in [3.63, 3.8) is 0 Å². The number of thiocarbonyl (C=S) groups is 1. The lowest BCUT2D eigenvalue weighted by atomic mass is 10.0. The smallest absolute Gasteiger partial charge is 0.237 e. The van der Waals surface area contributed by atoms with Gasteiger partial charge in [0.05, 0.1) is 12.6 Å². The zero-order chi connectivity index (χ0) is 17.8. The fourth-order valence-corrected chi connectivity index (χ4v) is 3.86. The minimum Gasteiger partial charge on any atom is -0.360 e. The minimum absolute atomic E-state index is 0.0462. The van der Waals surface area contributed by atoms with Crippen LogP contribution in [-0.2, 0) is 9.59 Å². The quantitative estimate of drug-likeness (QED) is 0.361. The summed E-state index contributed by atoms with van der Waals surface area (Å²) < 4.78 is 0. The molecule has 0 aromatic carbocycles. The minimum atomic E-state index is -0.145. The molecule has 3 fully saturated rings. The van der Waals surface area contributed by atoms with E-state index in [2.05, 4.69) is 32.1 Å². The first-order chi connectivity index (χ1) is 12.1. The Morgan fingerprint density at radius 1 is 1.36 bits per heavy atom. The molecule has 0 spiro atoms. The van der Waals surface area contributed by atoms with Crippen LogP contribution in [0, 0.1) is 12.3 Å². The molecule has 3 aliphatic rings. The third-order valence-corrected chi connectivity index (χ3v) is 5.20. The molecular weight excluding hydrogens is 338 g/mol. The third kappa shape index (κ3) is 4.83. The number of carbonyl (C=O) groups is 2. The van der Waals surface area contributed by atoms with Crippen molar-refractivity contribution in [1.29, 1.82) is 0 Å². The summed E-state index contributed by atoms with van der Waals surface area (Å²) in [6.07, 6.45) is 9.34. The highest BCUT2D eigenvalue weighted by molar-refractivity contribution is 7.80. The van der Waals surface area contributed by atoms with Gasteiger partial charge in [-0.05, 0) is 37.9 Å². The molecule has 0 radical (unpaired) electrons. The van der Waals surface area contributed by atoms with Crippen LogP contribution in [0.4, 0.5) is 0 Å². The van der Waals surface area contributed by atoms with Gasteiger partial charge in [0.25, 0.3) is 0 Å². The van der Waals surface area contributed by atoms with Gasteiger partial charge in [-0.25, -0.2) is 0 Å². The van der Waals surface area contributed by atoms with Crippen molar-refractivity contribution in [2.75, 3.05) is 19.6 Å². The van der Waals surface area contributed by atoms with Gasteiger partial charge in [-0.15, -0.1) is 6.42 Å². The van der Waals surface area contributed by atoms with Crippen LogP contribution >= 0.6 is 12.2 Å². The van der Waals surface area contributed by atoms with Crippen LogP contribution in [0.1, 0.15) is 32.1 Å². The summed E-state index contributed by atoms with van der Waals surface area (Å²) in [5, 5.41) is 12.9. The summed E-state index contributed by atoms with van der Waals surface area (Å²) >= 11 is 5.35. The second-order valence-electron chi connectivity index (χ2n) is 6.96. The van der Waals surface area contributed by atoms with Gasteiger partial charge in [0.2, 0.25) is 11.8 Å². The highest BCUT2D eigenvalue weighted by atomic mass is 32.1. The van der Waals surface area contributed by atoms with Gasteiger partial charge in [-0.3, -0.25) is 14.5 Å². The van der Waals surface area contributed by atoms with E-state index in [1.54, 1.807) is 0 Å². The molecule has 0 bridgehead atoms. The van der Waals surface area contributed by atoms with Gasteiger partial charge in [-0.2, -0.15) is 0 Å². The van der Waals surface area contributed by atoms with E-state index in [1.165, 1.54) is 12.8 Å². The molecule has 3 unspecified atom stereocenters. The fraction of sp³-hybridized carbons (Fsp3) is 0.706. The van der Waals surface area contributed by atoms with Crippen molar-refractivity contribution >= 4 is 29.1 Å². The monoisotopic (exact) mass is 363 g/mol. The molecule has 136 valence electrons. The molecular formula is C17H25N5O2S. The Kier molecular flexibility index (Phi) is 5.76. The second kappa shape index (κ2) is 8.02. The number of hydrogen-bond donors (Lipinski definition) is 4. The van der Waals surface area contributed by atoms with Crippen LogP contribution in [0.25, 0.3) is 0 Å². The SMILES string of the molecule is C#CCNC(=O)CCC1CNC(=O)C2CC(NC(=S)NC3CC3)CN12. The van der Waals surface area contributed by atoms with Crippen LogP contribution in [-0.4, -0.2) is 65.6 Å². The predicted octanol–water partition coefficient (Wildman–Crippen LogP) is -0.916. The Morgan fingerprint density at radius 2 is 2.12 bits per heavy atom. The number of nitrogens with one attached hydrogen (secondary N) is 4. The van der Waals surface area contributed by atoms with E-state index >= 15 is 0 Å². The number of piperazine rings is 1. The Bertz CT molecular complexity index is 586. The van der Waals surface area contributed by atoms with E-state index in [1.807, 2.05) is 0 Å². The standard InChI is InChI=1S/C17H25N5O2S/c1-2-7-18-15(23)6-5-13-9-19-16(24)14-8-12(10-22(13)14)21-17(25)20-11-3-4-11/h1,11-14H,3-10H2,(H,18,23)(H,19,24)(H2,20,21,25). The van der Waals surface area contributed by atoms with Gasteiger partial charge in [-0.1, -0.05) is 5.92 Å². The van der Waals surface area contributed by atoms with Crippen molar-refractivity contribution in [1.82, 2.24) is 26.2 Å². The lowest BCUT2D eigenvalue weighted by molar-refractivity contribution is -0.129. The first-order valence-corrected chi connectivity index (χ1v) is 9.28. The van der Waals surface area contributed by atoms with Gasteiger partial charge in [0, 0.05) is 37.6 Å². The average Bonchev–Trinajstić information content (AvgIpc) is 3.28. The lowest BCUT2D eigenvalue weighted by Gasteiger charge is -2.37. The van der Waals surface area contributed by atoms with Crippen LogP contribution in [0.2, 0.25) is 0 Å². The fourth-order valence-electron chi connectivity index (χ4n) is 3.52. The zero-order valence-electron chi connectivity index (χ0n) is 14.2. The molecule has 3 rings (SSSR count). The second-order valence-corrected chi connectivity index (χ2v) is 7.36. The summed E-state index contributed by atoms with van der Waals surface area (Å²) in [6.45, 7) is 1.60.